The molecule has 0 radical (unpaired) electrons. The molecule has 0 aliphatic carbocycles. The van der Waals surface area contributed by atoms with Gasteiger partial charge in [0.05, 0.1) is 17.1 Å². The van der Waals surface area contributed by atoms with Crippen molar-refractivity contribution in [3.63, 3.8) is 0 Å². The highest BCUT2D eigenvalue weighted by Crippen LogP contribution is 2.18. The van der Waals surface area contributed by atoms with Crippen LogP contribution in [0.15, 0.2) is 12.3 Å². The van der Waals surface area contributed by atoms with Gasteiger partial charge in [-0.2, -0.15) is 5.10 Å². The van der Waals surface area contributed by atoms with Crippen LogP contribution in [0.1, 0.15) is 16.1 Å². The maximum atomic E-state index is 12.5. The summed E-state index contributed by atoms with van der Waals surface area (Å²) in [6, 6.07) is 1.82. The van der Waals surface area contributed by atoms with Crippen molar-refractivity contribution in [3.8, 4) is 0 Å². The average Bonchev–Trinajstić information content (AvgIpc) is 2.76. The molecule has 2 aromatic heterocycles. The number of amides is 1. The van der Waals surface area contributed by atoms with Crippen LogP contribution in [-0.2, 0) is 7.05 Å². The first-order valence-corrected chi connectivity index (χ1v) is 6.24. The van der Waals surface area contributed by atoms with Gasteiger partial charge in [0, 0.05) is 32.9 Å². The molecular weight excluding hydrogens is 242 g/mol. The number of nitrogens with zero attached hydrogens (tertiary/aromatic N) is 4. The molecule has 0 spiro atoms. The quantitative estimate of drug-likeness (QED) is 0.874. The number of nitrogens with one attached hydrogen (secondary N) is 1. The van der Waals surface area contributed by atoms with E-state index >= 15 is 0 Å². The Kier molecular flexibility index (Phi) is 3.80. The molecule has 0 aliphatic rings. The van der Waals surface area contributed by atoms with E-state index in [1.165, 1.54) is 0 Å². The Bertz CT molecular complexity index is 604. The number of hydrogen-bond donors (Lipinski definition) is 1. The Balaban J connectivity index is 2.41. The normalized spacial score (nSPS) is 10.9. The van der Waals surface area contributed by atoms with E-state index < -0.39 is 0 Å². The van der Waals surface area contributed by atoms with Crippen molar-refractivity contribution in [1.29, 1.82) is 0 Å². The molecular formula is C13H19N5O. The van der Waals surface area contributed by atoms with Crippen LogP contribution >= 0.6 is 0 Å². The highest BCUT2D eigenvalue weighted by atomic mass is 16.2. The van der Waals surface area contributed by atoms with Crippen LogP contribution in [0.25, 0.3) is 11.0 Å². The number of likely N-dealkylation sites (N-methyl/N-ethyl adjacent to an activating group) is 2. The molecule has 0 bridgehead atoms. The van der Waals surface area contributed by atoms with Gasteiger partial charge in [-0.25, -0.2) is 4.98 Å². The van der Waals surface area contributed by atoms with Crippen molar-refractivity contribution in [2.24, 2.45) is 7.05 Å². The van der Waals surface area contributed by atoms with E-state index in [-0.39, 0.29) is 5.91 Å². The minimum Gasteiger partial charge on any atom is -0.340 e. The molecule has 0 aromatic carbocycles. The van der Waals surface area contributed by atoms with Crippen molar-refractivity contribution in [2.45, 2.75) is 6.92 Å². The fourth-order valence-electron chi connectivity index (χ4n) is 2.00. The second-order valence-corrected chi connectivity index (χ2v) is 4.65. The Morgan fingerprint density at radius 1 is 1.53 bits per heavy atom. The van der Waals surface area contributed by atoms with Crippen LogP contribution in [0.5, 0.6) is 0 Å². The van der Waals surface area contributed by atoms with E-state index in [4.69, 9.17) is 0 Å². The lowest BCUT2D eigenvalue weighted by Gasteiger charge is -2.17. The molecule has 102 valence electrons. The Hall–Kier alpha value is -1.95. The molecule has 0 atom stereocenters. The minimum atomic E-state index is -0.00116. The molecule has 19 heavy (non-hydrogen) atoms. The predicted octanol–water partition coefficient (Wildman–Crippen LogP) is 0.568. The lowest BCUT2D eigenvalue weighted by Crippen LogP contribution is -2.33. The molecule has 0 saturated heterocycles. The van der Waals surface area contributed by atoms with Crippen molar-refractivity contribution in [1.82, 2.24) is 25.0 Å². The molecule has 2 rings (SSSR count). The number of fused-ring (bicyclic) bond motifs is 1. The van der Waals surface area contributed by atoms with Gasteiger partial charge in [0.25, 0.3) is 5.91 Å². The van der Waals surface area contributed by atoms with Crippen LogP contribution < -0.4 is 5.32 Å². The highest BCUT2D eigenvalue weighted by molar-refractivity contribution is 6.05. The van der Waals surface area contributed by atoms with Gasteiger partial charge in [-0.1, -0.05) is 0 Å². The highest BCUT2D eigenvalue weighted by Gasteiger charge is 2.17. The zero-order chi connectivity index (χ0) is 14.0. The van der Waals surface area contributed by atoms with E-state index in [0.717, 1.165) is 23.3 Å². The number of hydrogen-bond acceptors (Lipinski definition) is 4. The van der Waals surface area contributed by atoms with Gasteiger partial charge >= 0.3 is 0 Å². The maximum Gasteiger partial charge on any atom is 0.254 e. The van der Waals surface area contributed by atoms with E-state index in [0.29, 0.717) is 12.1 Å². The molecule has 0 fully saturated rings. The fourth-order valence-corrected chi connectivity index (χ4v) is 2.00. The molecule has 2 heterocycles. The van der Waals surface area contributed by atoms with Crippen LogP contribution in [0.3, 0.4) is 0 Å². The molecule has 0 unspecified atom stereocenters. The largest absolute Gasteiger partial charge is 0.340 e. The lowest BCUT2D eigenvalue weighted by atomic mass is 10.1. The molecule has 1 amide bonds. The SMILES string of the molecule is CNCCN(C)C(=O)c1cc(C)nc2c1cnn2C. The molecule has 6 heteroatoms. The molecule has 0 saturated carbocycles. The molecule has 2 aromatic rings. The van der Waals surface area contributed by atoms with E-state index in [1.807, 2.05) is 27.1 Å². The summed E-state index contributed by atoms with van der Waals surface area (Å²) in [5, 5.41) is 8.01. The monoisotopic (exact) mass is 261 g/mol. The van der Waals surface area contributed by atoms with Crippen LogP contribution in [0, 0.1) is 6.92 Å². The number of rotatable bonds is 4. The van der Waals surface area contributed by atoms with Crippen LogP contribution in [0.4, 0.5) is 0 Å². The van der Waals surface area contributed by atoms with Crippen LogP contribution in [0.2, 0.25) is 0 Å². The summed E-state index contributed by atoms with van der Waals surface area (Å²) < 4.78 is 1.69. The van der Waals surface area contributed by atoms with Gasteiger partial charge in [-0.05, 0) is 20.0 Å². The second-order valence-electron chi connectivity index (χ2n) is 4.65. The second kappa shape index (κ2) is 5.36. The Morgan fingerprint density at radius 2 is 2.26 bits per heavy atom. The van der Waals surface area contributed by atoms with E-state index in [9.17, 15) is 4.79 Å². The minimum absolute atomic E-state index is 0.00116. The zero-order valence-corrected chi connectivity index (χ0v) is 11.8. The maximum absolute atomic E-state index is 12.5. The number of aromatic nitrogens is 3. The molecule has 0 aliphatic heterocycles. The third kappa shape index (κ3) is 2.58. The summed E-state index contributed by atoms with van der Waals surface area (Å²) in [7, 11) is 5.50. The Labute approximate surface area is 112 Å². The smallest absolute Gasteiger partial charge is 0.254 e. The lowest BCUT2D eigenvalue weighted by molar-refractivity contribution is 0.0798. The van der Waals surface area contributed by atoms with Crippen molar-refractivity contribution in [3.05, 3.63) is 23.5 Å². The Morgan fingerprint density at radius 3 is 2.95 bits per heavy atom. The summed E-state index contributed by atoms with van der Waals surface area (Å²) in [6.45, 7) is 3.32. The van der Waals surface area contributed by atoms with Gasteiger partial charge in [0.15, 0.2) is 5.65 Å². The fraction of sp³-hybridized carbons (Fsp3) is 0.462. The van der Waals surface area contributed by atoms with Crippen molar-refractivity contribution in [2.75, 3.05) is 27.2 Å². The zero-order valence-electron chi connectivity index (χ0n) is 11.8. The third-order valence-corrected chi connectivity index (χ3v) is 3.11. The number of aryl methyl sites for hydroxylation is 2. The summed E-state index contributed by atoms with van der Waals surface area (Å²) in [6.07, 6.45) is 1.70. The van der Waals surface area contributed by atoms with Gasteiger partial charge < -0.3 is 10.2 Å². The summed E-state index contributed by atoms with van der Waals surface area (Å²) in [5.41, 5.74) is 2.22. The van der Waals surface area contributed by atoms with Crippen LogP contribution in [-0.4, -0.2) is 52.8 Å². The summed E-state index contributed by atoms with van der Waals surface area (Å²) >= 11 is 0. The number of pyridine rings is 1. The molecule has 6 nitrogen and oxygen atoms in total. The summed E-state index contributed by atoms with van der Waals surface area (Å²) in [5.74, 6) is -0.00116. The first-order chi connectivity index (χ1) is 9.04. The first-order valence-electron chi connectivity index (χ1n) is 6.24. The molecule has 1 N–H and O–H groups in total. The number of carbonyl (C=O) groups is 1. The van der Waals surface area contributed by atoms with E-state index in [2.05, 4.69) is 15.4 Å². The summed E-state index contributed by atoms with van der Waals surface area (Å²) in [4.78, 5) is 18.6. The predicted molar refractivity (Wildman–Crippen MR) is 74.1 cm³/mol. The van der Waals surface area contributed by atoms with Crippen molar-refractivity contribution < 1.29 is 4.79 Å². The van der Waals surface area contributed by atoms with E-state index in [1.54, 1.807) is 22.8 Å². The standard InChI is InChI=1S/C13H19N5O/c1-9-7-10(13(19)17(3)6-5-14-2)11-8-15-18(4)12(11)16-9/h7-8,14H,5-6H2,1-4H3. The topological polar surface area (TPSA) is 63.1 Å². The van der Waals surface area contributed by atoms with Crippen molar-refractivity contribution >= 4 is 16.9 Å². The van der Waals surface area contributed by atoms with Gasteiger partial charge in [-0.3, -0.25) is 9.48 Å². The van der Waals surface area contributed by atoms with Gasteiger partial charge in [0.2, 0.25) is 0 Å². The number of carbonyl (C=O) groups excluding carboxylic acids is 1. The van der Waals surface area contributed by atoms with Gasteiger partial charge in [-0.15, -0.1) is 0 Å². The average molecular weight is 261 g/mol. The van der Waals surface area contributed by atoms with Gasteiger partial charge in [0.1, 0.15) is 0 Å². The first kappa shape index (κ1) is 13.5. The third-order valence-electron chi connectivity index (χ3n) is 3.11.